The number of carbonyl (C=O) groups excluding carboxylic acids is 2. The normalized spacial score (nSPS) is 12.6. The highest BCUT2D eigenvalue weighted by molar-refractivity contribution is 6.07. The Morgan fingerprint density at radius 3 is 2.59 bits per heavy atom. The molecule has 2 aromatic carbocycles. The first-order valence-electron chi connectivity index (χ1n) is 10.8. The number of nitrogens with two attached hydrogens (primary N) is 1. The number of anilines is 3. The predicted octanol–water partition coefficient (Wildman–Crippen LogP) is 3.66. The third-order valence-electron chi connectivity index (χ3n) is 5.75. The van der Waals surface area contributed by atoms with Crippen molar-refractivity contribution in [2.45, 2.75) is 6.42 Å². The van der Waals surface area contributed by atoms with E-state index >= 15 is 0 Å². The first kappa shape index (κ1) is 21.2. The van der Waals surface area contributed by atoms with Crippen molar-refractivity contribution in [1.29, 1.82) is 0 Å². The van der Waals surface area contributed by atoms with E-state index in [1.54, 1.807) is 18.3 Å². The molecule has 5 N–H and O–H groups in total. The molecule has 5 rings (SSSR count). The van der Waals surface area contributed by atoms with Gasteiger partial charge < -0.3 is 26.3 Å². The van der Waals surface area contributed by atoms with E-state index in [0.29, 0.717) is 35.6 Å². The first-order valence-corrected chi connectivity index (χ1v) is 10.8. The molecule has 9 heteroatoms. The van der Waals surface area contributed by atoms with Crippen LogP contribution in [0.25, 0.3) is 22.5 Å². The quantitative estimate of drug-likeness (QED) is 0.375. The van der Waals surface area contributed by atoms with Crippen LogP contribution in [0.1, 0.15) is 16.1 Å². The monoisotopic (exact) mass is 453 g/mol. The summed E-state index contributed by atoms with van der Waals surface area (Å²) < 4.78 is 1.99. The lowest BCUT2D eigenvalue weighted by atomic mass is 9.96. The Hall–Kier alpha value is -4.66. The third kappa shape index (κ3) is 3.95. The van der Waals surface area contributed by atoms with Gasteiger partial charge in [0.05, 0.1) is 17.0 Å². The van der Waals surface area contributed by atoms with E-state index in [1.165, 1.54) is 0 Å². The molecule has 0 bridgehead atoms. The maximum atomic E-state index is 12.9. The molecular formula is C25H23N7O2. The lowest BCUT2D eigenvalue weighted by molar-refractivity contribution is 0.0946. The SMILES string of the molecule is Cn1c2c(c(-c3cccc(NC(=O)Nc4ccccc4)c3)c1-c1ccnc(N)n1)C(=O)NCC2. The molecule has 1 aliphatic heterocycles. The van der Waals surface area contributed by atoms with Gasteiger partial charge in [0.2, 0.25) is 5.95 Å². The van der Waals surface area contributed by atoms with Gasteiger partial charge in [-0.05, 0) is 35.9 Å². The second kappa shape index (κ2) is 8.70. The number of nitrogen functional groups attached to an aromatic ring is 1. The highest BCUT2D eigenvalue weighted by atomic mass is 16.2. The molecule has 3 amide bonds. The summed E-state index contributed by atoms with van der Waals surface area (Å²) in [5.41, 5.74) is 11.6. The topological polar surface area (TPSA) is 127 Å². The lowest BCUT2D eigenvalue weighted by Gasteiger charge is -2.15. The molecule has 0 saturated carbocycles. The molecule has 34 heavy (non-hydrogen) atoms. The highest BCUT2D eigenvalue weighted by Crippen LogP contribution is 2.40. The second-order valence-corrected chi connectivity index (χ2v) is 7.94. The van der Waals surface area contributed by atoms with Gasteiger partial charge >= 0.3 is 6.03 Å². The lowest BCUT2D eigenvalue weighted by Crippen LogP contribution is -2.32. The largest absolute Gasteiger partial charge is 0.368 e. The molecule has 170 valence electrons. The molecule has 2 aromatic heterocycles. The number of hydrogen-bond donors (Lipinski definition) is 4. The zero-order valence-electron chi connectivity index (χ0n) is 18.5. The molecule has 0 radical (unpaired) electrons. The Balaban J connectivity index is 1.57. The van der Waals surface area contributed by atoms with Crippen LogP contribution >= 0.6 is 0 Å². The van der Waals surface area contributed by atoms with E-state index in [9.17, 15) is 9.59 Å². The van der Waals surface area contributed by atoms with Crippen LogP contribution in [-0.4, -0.2) is 33.0 Å². The van der Waals surface area contributed by atoms with Crippen molar-refractivity contribution in [3.63, 3.8) is 0 Å². The number of para-hydroxylation sites is 1. The number of urea groups is 1. The van der Waals surface area contributed by atoms with Gasteiger partial charge in [-0.1, -0.05) is 30.3 Å². The van der Waals surface area contributed by atoms with E-state index in [0.717, 1.165) is 22.5 Å². The summed E-state index contributed by atoms with van der Waals surface area (Å²) in [6, 6.07) is 18.0. The minimum Gasteiger partial charge on any atom is -0.368 e. The number of fused-ring (bicyclic) bond motifs is 1. The molecule has 3 heterocycles. The number of hydrogen-bond acceptors (Lipinski definition) is 5. The number of rotatable bonds is 4. The van der Waals surface area contributed by atoms with E-state index in [2.05, 4.69) is 25.9 Å². The fraction of sp³-hybridized carbons (Fsp3) is 0.120. The van der Waals surface area contributed by atoms with Gasteiger partial charge in [-0.2, -0.15) is 0 Å². The van der Waals surface area contributed by atoms with Gasteiger partial charge in [0.15, 0.2) is 0 Å². The summed E-state index contributed by atoms with van der Waals surface area (Å²) in [6.45, 7) is 0.565. The maximum Gasteiger partial charge on any atom is 0.323 e. The molecule has 9 nitrogen and oxygen atoms in total. The van der Waals surface area contributed by atoms with Crippen molar-refractivity contribution in [2.75, 3.05) is 22.9 Å². The average molecular weight is 454 g/mol. The standard InChI is InChI=1S/C25H23N7O2/c1-32-19-11-13-27-23(33)21(19)20(22(32)18-10-12-28-24(26)31-18)15-6-5-9-17(14-15)30-25(34)29-16-7-3-2-4-8-16/h2-10,12,14H,11,13H2,1H3,(H,27,33)(H2,26,28,31)(H2,29,30,34). The summed E-state index contributed by atoms with van der Waals surface area (Å²) in [7, 11) is 1.92. The van der Waals surface area contributed by atoms with Gasteiger partial charge in [0, 0.05) is 48.8 Å². The van der Waals surface area contributed by atoms with Crippen LogP contribution < -0.4 is 21.7 Å². The fourth-order valence-corrected chi connectivity index (χ4v) is 4.31. The summed E-state index contributed by atoms with van der Waals surface area (Å²) in [5.74, 6) is 0.0142. The number of nitrogens with zero attached hydrogens (tertiary/aromatic N) is 3. The minimum absolute atomic E-state index is 0.139. The van der Waals surface area contributed by atoms with Crippen molar-refractivity contribution in [2.24, 2.45) is 7.05 Å². The van der Waals surface area contributed by atoms with Gasteiger partial charge in [0.25, 0.3) is 5.91 Å². The van der Waals surface area contributed by atoms with Crippen LogP contribution in [0, 0.1) is 0 Å². The van der Waals surface area contributed by atoms with Crippen molar-refractivity contribution >= 4 is 29.3 Å². The van der Waals surface area contributed by atoms with Crippen LogP contribution in [0.4, 0.5) is 22.1 Å². The van der Waals surface area contributed by atoms with Gasteiger partial charge in [-0.15, -0.1) is 0 Å². The summed E-state index contributed by atoms with van der Waals surface area (Å²) >= 11 is 0. The van der Waals surface area contributed by atoms with Crippen molar-refractivity contribution in [1.82, 2.24) is 19.9 Å². The second-order valence-electron chi connectivity index (χ2n) is 7.94. The number of benzene rings is 2. The van der Waals surface area contributed by atoms with Crippen molar-refractivity contribution in [3.8, 4) is 22.5 Å². The van der Waals surface area contributed by atoms with Crippen LogP contribution in [-0.2, 0) is 13.5 Å². The average Bonchev–Trinajstić information content (AvgIpc) is 3.13. The molecule has 0 fully saturated rings. The van der Waals surface area contributed by atoms with Crippen LogP contribution in [0.3, 0.4) is 0 Å². The Labute approximate surface area is 196 Å². The Kier molecular flexibility index (Phi) is 5.43. The molecule has 0 saturated heterocycles. The number of carbonyl (C=O) groups is 2. The molecule has 0 spiro atoms. The van der Waals surface area contributed by atoms with E-state index in [4.69, 9.17) is 5.73 Å². The van der Waals surface area contributed by atoms with E-state index in [-0.39, 0.29) is 17.9 Å². The molecule has 0 unspecified atom stereocenters. The smallest absolute Gasteiger partial charge is 0.323 e. The van der Waals surface area contributed by atoms with Crippen LogP contribution in [0.5, 0.6) is 0 Å². The van der Waals surface area contributed by atoms with E-state index in [1.807, 2.05) is 60.1 Å². The Bertz CT molecular complexity index is 1400. The third-order valence-corrected chi connectivity index (χ3v) is 5.75. The van der Waals surface area contributed by atoms with E-state index < -0.39 is 0 Å². The summed E-state index contributed by atoms with van der Waals surface area (Å²) in [6.07, 6.45) is 2.29. The van der Waals surface area contributed by atoms with Crippen molar-refractivity contribution in [3.05, 3.63) is 78.1 Å². The molecule has 0 aliphatic carbocycles. The zero-order valence-corrected chi connectivity index (χ0v) is 18.5. The molecule has 1 aliphatic rings. The summed E-state index contributed by atoms with van der Waals surface area (Å²) in [5, 5.41) is 8.61. The molecule has 4 aromatic rings. The first-order chi connectivity index (χ1) is 16.5. The highest BCUT2D eigenvalue weighted by Gasteiger charge is 2.30. The van der Waals surface area contributed by atoms with Crippen LogP contribution in [0.2, 0.25) is 0 Å². The number of aromatic nitrogens is 3. The minimum atomic E-state index is -0.361. The van der Waals surface area contributed by atoms with Gasteiger partial charge in [0.1, 0.15) is 0 Å². The van der Waals surface area contributed by atoms with Crippen molar-refractivity contribution < 1.29 is 9.59 Å². The molecular weight excluding hydrogens is 430 g/mol. The van der Waals surface area contributed by atoms with Gasteiger partial charge in [-0.25, -0.2) is 14.8 Å². The van der Waals surface area contributed by atoms with Gasteiger partial charge in [-0.3, -0.25) is 4.79 Å². The fourth-order valence-electron chi connectivity index (χ4n) is 4.31. The Morgan fingerprint density at radius 2 is 1.79 bits per heavy atom. The summed E-state index contributed by atoms with van der Waals surface area (Å²) in [4.78, 5) is 33.9. The molecule has 0 atom stereocenters. The van der Waals surface area contributed by atoms with Crippen LogP contribution in [0.15, 0.2) is 66.9 Å². The number of amides is 3. The Morgan fingerprint density at radius 1 is 1.03 bits per heavy atom. The maximum absolute atomic E-state index is 12.9. The predicted molar refractivity (Wildman–Crippen MR) is 131 cm³/mol. The zero-order chi connectivity index (χ0) is 23.7. The number of nitrogens with one attached hydrogen (secondary N) is 3.